The number of unbranched alkanes of at least 4 members (excludes halogenated alkanes) is 3. The molecule has 0 spiro atoms. The molecule has 164 valence electrons. The second kappa shape index (κ2) is 13.1. The average molecular weight is 433 g/mol. The van der Waals surface area contributed by atoms with Crippen LogP contribution in [0.2, 0.25) is 5.02 Å². The van der Waals surface area contributed by atoms with E-state index >= 15 is 0 Å². The molecule has 0 bridgehead atoms. The first-order valence-corrected chi connectivity index (χ1v) is 11.1. The summed E-state index contributed by atoms with van der Waals surface area (Å²) in [6.45, 7) is 8.11. The second-order valence-corrected chi connectivity index (χ2v) is 7.67. The molecule has 2 aromatic carbocycles. The van der Waals surface area contributed by atoms with E-state index in [2.05, 4.69) is 17.6 Å². The molecule has 2 aromatic rings. The number of rotatable bonds is 13. The van der Waals surface area contributed by atoms with Crippen molar-refractivity contribution >= 4 is 23.2 Å². The molecule has 30 heavy (non-hydrogen) atoms. The van der Waals surface area contributed by atoms with E-state index in [1.165, 1.54) is 19.3 Å². The first-order valence-electron chi connectivity index (χ1n) is 10.7. The first-order chi connectivity index (χ1) is 14.5. The molecule has 0 aliphatic carbocycles. The number of anilines is 1. The van der Waals surface area contributed by atoms with E-state index in [1.54, 1.807) is 6.07 Å². The minimum atomic E-state index is -0.241. The zero-order valence-electron chi connectivity index (χ0n) is 18.2. The van der Waals surface area contributed by atoms with Crippen LogP contribution in [0.25, 0.3) is 0 Å². The van der Waals surface area contributed by atoms with E-state index in [1.807, 2.05) is 44.2 Å². The largest absolute Gasteiger partial charge is 0.490 e. The van der Waals surface area contributed by atoms with Crippen molar-refractivity contribution in [1.29, 1.82) is 0 Å². The smallest absolute Gasteiger partial charge is 0.262 e. The second-order valence-electron chi connectivity index (χ2n) is 7.26. The summed E-state index contributed by atoms with van der Waals surface area (Å²) in [6.07, 6.45) is 4.88. The Labute approximate surface area is 185 Å². The molecule has 0 aromatic heterocycles. The number of carbonyl (C=O) groups is 1. The van der Waals surface area contributed by atoms with Gasteiger partial charge in [0, 0.05) is 23.3 Å². The molecule has 0 fully saturated rings. The maximum Gasteiger partial charge on any atom is 0.262 e. The Morgan fingerprint density at radius 2 is 1.73 bits per heavy atom. The van der Waals surface area contributed by atoms with Gasteiger partial charge in [-0.15, -0.1) is 0 Å². The third-order valence-corrected chi connectivity index (χ3v) is 4.98. The van der Waals surface area contributed by atoms with Crippen molar-refractivity contribution in [3.05, 3.63) is 52.5 Å². The minimum Gasteiger partial charge on any atom is -0.490 e. The molecule has 0 aliphatic rings. The molecule has 0 saturated heterocycles. The fraction of sp³-hybridized carbons (Fsp3) is 0.458. The fourth-order valence-corrected chi connectivity index (χ4v) is 3.19. The van der Waals surface area contributed by atoms with Crippen molar-refractivity contribution in [2.24, 2.45) is 0 Å². The Balaban J connectivity index is 1.93. The van der Waals surface area contributed by atoms with Gasteiger partial charge in [0.15, 0.2) is 18.1 Å². The highest BCUT2D eigenvalue weighted by molar-refractivity contribution is 6.31. The molecule has 0 aliphatic heterocycles. The molecule has 2 rings (SSSR count). The van der Waals surface area contributed by atoms with Crippen LogP contribution < -0.4 is 20.1 Å². The standard InChI is InChI=1S/C24H33ClN2O3/c1-4-6-7-8-13-26-16-19-14-22(29-5-2)23(15-21(19)25)30-17-24(28)27-20-11-9-18(3)10-12-20/h9-12,14-15,26H,4-8,13,16-17H2,1-3H3,(H,27,28). The number of nitrogens with one attached hydrogen (secondary N) is 2. The summed E-state index contributed by atoms with van der Waals surface area (Å²) in [5.74, 6) is 0.815. The van der Waals surface area contributed by atoms with E-state index in [0.717, 1.165) is 29.8 Å². The van der Waals surface area contributed by atoms with E-state index in [4.69, 9.17) is 21.1 Å². The van der Waals surface area contributed by atoms with Crippen LogP contribution in [0, 0.1) is 6.92 Å². The van der Waals surface area contributed by atoms with Gasteiger partial charge in [0.25, 0.3) is 5.91 Å². The molecule has 0 radical (unpaired) electrons. The number of aryl methyl sites for hydroxylation is 1. The van der Waals surface area contributed by atoms with Crippen molar-refractivity contribution in [3.63, 3.8) is 0 Å². The Hall–Kier alpha value is -2.24. The number of ether oxygens (including phenoxy) is 2. The molecule has 0 unspecified atom stereocenters. The lowest BCUT2D eigenvalue weighted by atomic mass is 10.1. The summed E-state index contributed by atoms with van der Waals surface area (Å²) in [6, 6.07) is 11.2. The fourth-order valence-electron chi connectivity index (χ4n) is 2.97. The molecular weight excluding hydrogens is 400 g/mol. The zero-order chi connectivity index (χ0) is 21.8. The third-order valence-electron chi connectivity index (χ3n) is 4.63. The Kier molecular flexibility index (Phi) is 10.5. The number of halogens is 1. The first kappa shape index (κ1) is 24.0. The number of carbonyl (C=O) groups excluding carboxylic acids is 1. The monoisotopic (exact) mass is 432 g/mol. The Bertz CT molecular complexity index is 794. The van der Waals surface area contributed by atoms with Crippen LogP contribution in [0.5, 0.6) is 11.5 Å². The number of hydrogen-bond donors (Lipinski definition) is 2. The molecule has 0 atom stereocenters. The normalized spacial score (nSPS) is 10.7. The Morgan fingerprint density at radius 1 is 1.00 bits per heavy atom. The van der Waals surface area contributed by atoms with Crippen molar-refractivity contribution in [1.82, 2.24) is 5.32 Å². The molecular formula is C24H33ClN2O3. The molecule has 2 N–H and O–H groups in total. The van der Waals surface area contributed by atoms with Gasteiger partial charge in [0.05, 0.1) is 6.61 Å². The van der Waals surface area contributed by atoms with Crippen LogP contribution in [-0.4, -0.2) is 25.7 Å². The molecule has 0 heterocycles. The summed E-state index contributed by atoms with van der Waals surface area (Å²) in [7, 11) is 0. The SMILES string of the molecule is CCCCCCNCc1cc(OCC)c(OCC(=O)Nc2ccc(C)cc2)cc1Cl. The summed E-state index contributed by atoms with van der Waals surface area (Å²) >= 11 is 6.45. The van der Waals surface area contributed by atoms with Crippen molar-refractivity contribution < 1.29 is 14.3 Å². The molecule has 0 saturated carbocycles. The molecule has 6 heteroatoms. The van der Waals surface area contributed by atoms with Gasteiger partial charge in [-0.2, -0.15) is 0 Å². The van der Waals surface area contributed by atoms with Gasteiger partial charge >= 0.3 is 0 Å². The van der Waals surface area contributed by atoms with Crippen molar-refractivity contribution in [3.8, 4) is 11.5 Å². The van der Waals surface area contributed by atoms with Crippen LogP contribution >= 0.6 is 11.6 Å². The van der Waals surface area contributed by atoms with Crippen molar-refractivity contribution in [2.75, 3.05) is 25.1 Å². The summed E-state index contributed by atoms with van der Waals surface area (Å²) < 4.78 is 11.4. The van der Waals surface area contributed by atoms with E-state index < -0.39 is 0 Å². The van der Waals surface area contributed by atoms with Crippen LogP contribution in [0.4, 0.5) is 5.69 Å². The van der Waals surface area contributed by atoms with Gasteiger partial charge in [-0.3, -0.25) is 4.79 Å². The third kappa shape index (κ3) is 8.25. The zero-order valence-corrected chi connectivity index (χ0v) is 19.0. The quantitative estimate of drug-likeness (QED) is 0.396. The van der Waals surface area contributed by atoms with Gasteiger partial charge in [0.2, 0.25) is 0 Å². The maximum absolute atomic E-state index is 12.2. The highest BCUT2D eigenvalue weighted by atomic mass is 35.5. The van der Waals surface area contributed by atoms with Gasteiger partial charge in [-0.25, -0.2) is 0 Å². The molecule has 5 nitrogen and oxygen atoms in total. The number of amides is 1. The highest BCUT2D eigenvalue weighted by Crippen LogP contribution is 2.33. The van der Waals surface area contributed by atoms with E-state index in [9.17, 15) is 4.79 Å². The summed E-state index contributed by atoms with van der Waals surface area (Å²) in [5, 5.41) is 6.84. The highest BCUT2D eigenvalue weighted by Gasteiger charge is 2.13. The summed E-state index contributed by atoms with van der Waals surface area (Å²) in [5.41, 5.74) is 2.82. The minimum absolute atomic E-state index is 0.126. The maximum atomic E-state index is 12.2. The Morgan fingerprint density at radius 3 is 2.43 bits per heavy atom. The topological polar surface area (TPSA) is 59.6 Å². The number of benzene rings is 2. The van der Waals surface area contributed by atoms with Crippen LogP contribution in [-0.2, 0) is 11.3 Å². The van der Waals surface area contributed by atoms with Gasteiger partial charge in [-0.1, -0.05) is 55.5 Å². The predicted octanol–water partition coefficient (Wildman–Crippen LogP) is 5.73. The van der Waals surface area contributed by atoms with Crippen LogP contribution in [0.1, 0.15) is 50.7 Å². The van der Waals surface area contributed by atoms with E-state index in [-0.39, 0.29) is 12.5 Å². The summed E-state index contributed by atoms with van der Waals surface area (Å²) in [4.78, 5) is 12.2. The lowest BCUT2D eigenvalue weighted by Gasteiger charge is -2.15. The predicted molar refractivity (Wildman–Crippen MR) is 124 cm³/mol. The van der Waals surface area contributed by atoms with Crippen molar-refractivity contribution in [2.45, 2.75) is 53.0 Å². The lowest BCUT2D eigenvalue weighted by Crippen LogP contribution is -2.20. The van der Waals surface area contributed by atoms with E-state index in [0.29, 0.717) is 29.7 Å². The van der Waals surface area contributed by atoms with Gasteiger partial charge < -0.3 is 20.1 Å². The van der Waals surface area contributed by atoms with Gasteiger partial charge in [0.1, 0.15) is 0 Å². The van der Waals surface area contributed by atoms with Gasteiger partial charge in [-0.05, 0) is 50.6 Å². The van der Waals surface area contributed by atoms with Crippen LogP contribution in [0.3, 0.4) is 0 Å². The molecule has 1 amide bonds. The average Bonchev–Trinajstić information content (AvgIpc) is 2.73. The number of hydrogen-bond acceptors (Lipinski definition) is 4. The lowest BCUT2D eigenvalue weighted by molar-refractivity contribution is -0.118. The van der Waals surface area contributed by atoms with Crippen LogP contribution in [0.15, 0.2) is 36.4 Å².